The number of hydrogen-bond donors (Lipinski definition) is 1. The number of carboxylic acids is 1. The molecule has 0 bridgehead atoms. The summed E-state index contributed by atoms with van der Waals surface area (Å²) in [6.45, 7) is 1.55. The van der Waals surface area contributed by atoms with Gasteiger partial charge in [0.2, 0.25) is 11.8 Å². The average molecular weight is 379 g/mol. The van der Waals surface area contributed by atoms with Crippen LogP contribution in [-0.2, 0) is 20.9 Å². The van der Waals surface area contributed by atoms with Crippen molar-refractivity contribution in [3.63, 3.8) is 0 Å². The normalized spacial score (nSPS) is 23.8. The fourth-order valence-corrected chi connectivity index (χ4v) is 3.90. The number of carbonyl (C=O) groups excluding carboxylic acids is 2. The van der Waals surface area contributed by atoms with Crippen molar-refractivity contribution >= 4 is 29.4 Å². The molecule has 1 aromatic rings. The molecule has 0 aromatic heterocycles. The number of benzene rings is 1. The first-order valence-electron chi connectivity index (χ1n) is 8.98. The fourth-order valence-electron chi connectivity index (χ4n) is 3.77. The summed E-state index contributed by atoms with van der Waals surface area (Å²) in [5.74, 6) is -1.70. The highest BCUT2D eigenvalue weighted by molar-refractivity contribution is 6.30. The number of carbonyl (C=O) groups is 3. The SMILES string of the molecule is O=C(O)C1CCCC(C(=O)N2CCN(Cc3ccc(Cl)cc3)C(=O)C2)C1. The lowest BCUT2D eigenvalue weighted by atomic mass is 9.80. The molecule has 140 valence electrons. The molecule has 7 heteroatoms. The van der Waals surface area contributed by atoms with Gasteiger partial charge in [-0.15, -0.1) is 0 Å². The van der Waals surface area contributed by atoms with Crippen molar-refractivity contribution in [1.82, 2.24) is 9.80 Å². The Morgan fingerprint density at radius 1 is 1.12 bits per heavy atom. The summed E-state index contributed by atoms with van der Waals surface area (Å²) in [7, 11) is 0. The second-order valence-corrected chi connectivity index (χ2v) is 7.54. The molecule has 2 aliphatic rings. The first-order valence-corrected chi connectivity index (χ1v) is 9.35. The third-order valence-electron chi connectivity index (χ3n) is 5.29. The number of nitrogens with zero attached hydrogens (tertiary/aromatic N) is 2. The Bertz CT molecular complexity index is 691. The van der Waals surface area contributed by atoms with Crippen LogP contribution in [0, 0.1) is 11.8 Å². The van der Waals surface area contributed by atoms with E-state index in [2.05, 4.69) is 0 Å². The van der Waals surface area contributed by atoms with Crippen molar-refractivity contribution < 1.29 is 19.5 Å². The number of piperazine rings is 1. The van der Waals surface area contributed by atoms with E-state index in [0.717, 1.165) is 12.0 Å². The molecule has 0 radical (unpaired) electrons. The van der Waals surface area contributed by atoms with E-state index in [0.29, 0.717) is 43.9 Å². The largest absolute Gasteiger partial charge is 0.481 e. The van der Waals surface area contributed by atoms with Gasteiger partial charge in [-0.1, -0.05) is 30.2 Å². The lowest BCUT2D eigenvalue weighted by molar-refractivity contribution is -0.151. The minimum absolute atomic E-state index is 0.0701. The smallest absolute Gasteiger partial charge is 0.306 e. The summed E-state index contributed by atoms with van der Waals surface area (Å²) < 4.78 is 0. The Labute approximate surface area is 157 Å². The minimum Gasteiger partial charge on any atom is -0.481 e. The van der Waals surface area contributed by atoms with Crippen molar-refractivity contribution in [2.75, 3.05) is 19.6 Å². The van der Waals surface area contributed by atoms with Crippen LogP contribution in [0.15, 0.2) is 24.3 Å². The molecule has 6 nitrogen and oxygen atoms in total. The third kappa shape index (κ3) is 4.36. The molecule has 1 aliphatic carbocycles. The summed E-state index contributed by atoms with van der Waals surface area (Å²) in [5.41, 5.74) is 0.999. The molecular formula is C19H23ClN2O4. The van der Waals surface area contributed by atoms with Gasteiger partial charge in [-0.05, 0) is 37.0 Å². The standard InChI is InChI=1S/C19H23ClN2O4/c20-16-6-4-13(5-7-16)11-21-8-9-22(12-17(21)23)18(24)14-2-1-3-15(10-14)19(25)26/h4-7,14-15H,1-3,8-12H2,(H,25,26). The summed E-state index contributed by atoms with van der Waals surface area (Å²) in [5, 5.41) is 9.84. The monoisotopic (exact) mass is 378 g/mol. The van der Waals surface area contributed by atoms with Gasteiger partial charge in [0.05, 0.1) is 12.5 Å². The van der Waals surface area contributed by atoms with Gasteiger partial charge in [0.15, 0.2) is 0 Å². The molecule has 3 rings (SSSR count). The van der Waals surface area contributed by atoms with Crippen molar-refractivity contribution in [1.29, 1.82) is 0 Å². The van der Waals surface area contributed by atoms with Gasteiger partial charge < -0.3 is 14.9 Å². The van der Waals surface area contributed by atoms with Crippen LogP contribution in [0.2, 0.25) is 5.02 Å². The van der Waals surface area contributed by atoms with Crippen LogP contribution in [0.1, 0.15) is 31.2 Å². The Hall–Kier alpha value is -2.08. The van der Waals surface area contributed by atoms with Crippen LogP contribution in [0.3, 0.4) is 0 Å². The first kappa shape index (κ1) is 18.7. The van der Waals surface area contributed by atoms with E-state index < -0.39 is 11.9 Å². The van der Waals surface area contributed by atoms with E-state index in [1.807, 2.05) is 12.1 Å². The Morgan fingerprint density at radius 2 is 1.81 bits per heavy atom. The molecule has 1 saturated heterocycles. The predicted octanol–water partition coefficient (Wildman–Crippen LogP) is 2.40. The lowest BCUT2D eigenvalue weighted by Crippen LogP contribution is -2.53. The Kier molecular flexibility index (Phi) is 5.81. The van der Waals surface area contributed by atoms with Crippen molar-refractivity contribution in [3.05, 3.63) is 34.9 Å². The maximum atomic E-state index is 12.7. The van der Waals surface area contributed by atoms with E-state index in [-0.39, 0.29) is 24.3 Å². The molecule has 2 amide bonds. The molecule has 1 heterocycles. The number of halogens is 1. The van der Waals surface area contributed by atoms with E-state index in [1.54, 1.807) is 21.9 Å². The average Bonchev–Trinajstić information content (AvgIpc) is 2.64. The molecule has 1 aliphatic heterocycles. The maximum Gasteiger partial charge on any atom is 0.306 e. The van der Waals surface area contributed by atoms with Gasteiger partial charge in [-0.2, -0.15) is 0 Å². The van der Waals surface area contributed by atoms with E-state index >= 15 is 0 Å². The van der Waals surface area contributed by atoms with E-state index in [1.165, 1.54) is 0 Å². The van der Waals surface area contributed by atoms with Gasteiger partial charge in [0.1, 0.15) is 0 Å². The molecule has 0 spiro atoms. The zero-order valence-corrected chi connectivity index (χ0v) is 15.3. The quantitative estimate of drug-likeness (QED) is 0.872. The first-order chi connectivity index (χ1) is 12.4. The number of rotatable bonds is 4. The van der Waals surface area contributed by atoms with Gasteiger partial charge >= 0.3 is 5.97 Å². The van der Waals surface area contributed by atoms with Crippen LogP contribution >= 0.6 is 11.6 Å². The van der Waals surface area contributed by atoms with Crippen LogP contribution in [0.4, 0.5) is 0 Å². The minimum atomic E-state index is -0.827. The fraction of sp³-hybridized carbons (Fsp3) is 0.526. The van der Waals surface area contributed by atoms with Crippen LogP contribution in [0.25, 0.3) is 0 Å². The number of hydrogen-bond acceptors (Lipinski definition) is 3. The van der Waals surface area contributed by atoms with Crippen LogP contribution in [0.5, 0.6) is 0 Å². The highest BCUT2D eigenvalue weighted by Crippen LogP contribution is 2.31. The molecule has 2 atom stereocenters. The summed E-state index contributed by atoms with van der Waals surface area (Å²) in [4.78, 5) is 39.7. The third-order valence-corrected chi connectivity index (χ3v) is 5.54. The van der Waals surface area contributed by atoms with Crippen molar-refractivity contribution in [3.8, 4) is 0 Å². The molecule has 2 fully saturated rings. The molecule has 1 N–H and O–H groups in total. The topological polar surface area (TPSA) is 77.9 Å². The van der Waals surface area contributed by atoms with Crippen molar-refractivity contribution in [2.24, 2.45) is 11.8 Å². The highest BCUT2D eigenvalue weighted by Gasteiger charge is 2.35. The second-order valence-electron chi connectivity index (χ2n) is 7.10. The maximum absolute atomic E-state index is 12.7. The molecule has 2 unspecified atom stereocenters. The molecule has 26 heavy (non-hydrogen) atoms. The number of carboxylic acid groups (broad SMARTS) is 1. The lowest BCUT2D eigenvalue weighted by Gasteiger charge is -2.37. The highest BCUT2D eigenvalue weighted by atomic mass is 35.5. The molecular weight excluding hydrogens is 356 g/mol. The van der Waals surface area contributed by atoms with E-state index in [4.69, 9.17) is 11.6 Å². The molecule has 1 saturated carbocycles. The van der Waals surface area contributed by atoms with Gasteiger partial charge in [0, 0.05) is 30.6 Å². The van der Waals surface area contributed by atoms with Gasteiger partial charge in [0.25, 0.3) is 0 Å². The van der Waals surface area contributed by atoms with Crippen LogP contribution < -0.4 is 0 Å². The Morgan fingerprint density at radius 3 is 2.46 bits per heavy atom. The zero-order chi connectivity index (χ0) is 18.7. The van der Waals surface area contributed by atoms with Gasteiger partial charge in [-0.25, -0.2) is 0 Å². The zero-order valence-electron chi connectivity index (χ0n) is 14.6. The van der Waals surface area contributed by atoms with Crippen LogP contribution in [-0.4, -0.2) is 52.3 Å². The summed E-state index contributed by atoms with van der Waals surface area (Å²) >= 11 is 5.88. The summed E-state index contributed by atoms with van der Waals surface area (Å²) in [6, 6.07) is 7.37. The molecule has 1 aromatic carbocycles. The number of amides is 2. The predicted molar refractivity (Wildman–Crippen MR) is 96.5 cm³/mol. The Balaban J connectivity index is 1.56. The van der Waals surface area contributed by atoms with Gasteiger partial charge in [-0.3, -0.25) is 14.4 Å². The van der Waals surface area contributed by atoms with E-state index in [9.17, 15) is 19.5 Å². The van der Waals surface area contributed by atoms with Crippen molar-refractivity contribution in [2.45, 2.75) is 32.2 Å². The number of aliphatic carboxylic acids is 1. The summed E-state index contributed by atoms with van der Waals surface area (Å²) in [6.07, 6.45) is 2.47. The second kappa shape index (κ2) is 8.08.